The van der Waals surface area contributed by atoms with Gasteiger partial charge < -0.3 is 10.2 Å². The second-order valence-electron chi connectivity index (χ2n) is 5.42. The summed E-state index contributed by atoms with van der Waals surface area (Å²) < 4.78 is 0. The van der Waals surface area contributed by atoms with E-state index in [0.29, 0.717) is 23.7 Å². The molecule has 0 saturated heterocycles. The first kappa shape index (κ1) is 16.9. The van der Waals surface area contributed by atoms with Gasteiger partial charge in [-0.05, 0) is 31.9 Å². The number of nitro groups is 1. The van der Waals surface area contributed by atoms with Crippen LogP contribution in [-0.2, 0) is 0 Å². The summed E-state index contributed by atoms with van der Waals surface area (Å²) in [4.78, 5) is 24.7. The van der Waals surface area contributed by atoms with Gasteiger partial charge in [-0.25, -0.2) is 0 Å². The standard InChI is InChI=1S/C15H23N3O3/c1-6-16-13-9-12(7-8-14(13)18(20)21)15(19)17(5)11(4)10(2)3/h7-11,16H,6H2,1-5H3. The lowest BCUT2D eigenvalue weighted by atomic mass is 10.0. The summed E-state index contributed by atoms with van der Waals surface area (Å²) in [5.74, 6) is 0.204. The summed E-state index contributed by atoms with van der Waals surface area (Å²) in [6, 6.07) is 4.52. The minimum atomic E-state index is -0.452. The maximum Gasteiger partial charge on any atom is 0.292 e. The van der Waals surface area contributed by atoms with Crippen LogP contribution in [0.2, 0.25) is 0 Å². The maximum absolute atomic E-state index is 12.5. The second kappa shape index (κ2) is 7.06. The topological polar surface area (TPSA) is 75.5 Å². The molecule has 21 heavy (non-hydrogen) atoms. The van der Waals surface area contributed by atoms with Gasteiger partial charge in [-0.2, -0.15) is 0 Å². The third-order valence-corrected chi connectivity index (χ3v) is 3.70. The third-order valence-electron chi connectivity index (χ3n) is 3.70. The Hall–Kier alpha value is -2.11. The molecule has 0 fully saturated rings. The molecule has 0 spiro atoms. The van der Waals surface area contributed by atoms with Gasteiger partial charge >= 0.3 is 0 Å². The van der Waals surface area contributed by atoms with Crippen molar-refractivity contribution in [1.82, 2.24) is 4.90 Å². The Balaban J connectivity index is 3.11. The number of nitro benzene ring substituents is 1. The zero-order valence-electron chi connectivity index (χ0n) is 13.2. The Morgan fingerprint density at radius 1 is 1.38 bits per heavy atom. The largest absolute Gasteiger partial charge is 0.380 e. The number of benzene rings is 1. The highest BCUT2D eigenvalue weighted by Crippen LogP contribution is 2.26. The van der Waals surface area contributed by atoms with Crippen LogP contribution < -0.4 is 5.32 Å². The van der Waals surface area contributed by atoms with Crippen molar-refractivity contribution in [2.45, 2.75) is 33.7 Å². The van der Waals surface area contributed by atoms with Crippen LogP contribution in [-0.4, -0.2) is 35.4 Å². The quantitative estimate of drug-likeness (QED) is 0.645. The molecule has 6 nitrogen and oxygen atoms in total. The predicted octanol–water partition coefficient (Wildman–Crippen LogP) is 3.14. The number of nitrogens with one attached hydrogen (secondary N) is 1. The number of anilines is 1. The molecule has 1 unspecified atom stereocenters. The molecule has 1 aromatic rings. The van der Waals surface area contributed by atoms with Crippen molar-refractivity contribution in [1.29, 1.82) is 0 Å². The fraction of sp³-hybridized carbons (Fsp3) is 0.533. The van der Waals surface area contributed by atoms with E-state index < -0.39 is 4.92 Å². The van der Waals surface area contributed by atoms with Gasteiger partial charge in [-0.1, -0.05) is 13.8 Å². The lowest BCUT2D eigenvalue weighted by Crippen LogP contribution is -2.38. The van der Waals surface area contributed by atoms with Crippen molar-refractivity contribution < 1.29 is 9.72 Å². The summed E-state index contributed by atoms with van der Waals surface area (Å²) in [7, 11) is 1.75. The Kier molecular flexibility index (Phi) is 5.69. The Labute approximate surface area is 125 Å². The van der Waals surface area contributed by atoms with Gasteiger partial charge in [0, 0.05) is 31.3 Å². The van der Waals surface area contributed by atoms with Crippen LogP contribution in [0.25, 0.3) is 0 Å². The lowest BCUT2D eigenvalue weighted by Gasteiger charge is -2.28. The van der Waals surface area contributed by atoms with Crippen LogP contribution >= 0.6 is 0 Å². The Morgan fingerprint density at radius 2 is 2.00 bits per heavy atom. The van der Waals surface area contributed by atoms with E-state index in [1.54, 1.807) is 18.0 Å². The van der Waals surface area contributed by atoms with Crippen LogP contribution in [0.3, 0.4) is 0 Å². The minimum Gasteiger partial charge on any atom is -0.380 e. The van der Waals surface area contributed by atoms with Crippen LogP contribution in [0, 0.1) is 16.0 Å². The van der Waals surface area contributed by atoms with Gasteiger partial charge in [-0.3, -0.25) is 14.9 Å². The molecular formula is C15H23N3O3. The highest BCUT2D eigenvalue weighted by atomic mass is 16.6. The highest BCUT2D eigenvalue weighted by molar-refractivity contribution is 5.96. The van der Waals surface area contributed by atoms with Crippen molar-refractivity contribution in [3.8, 4) is 0 Å². The molecule has 1 rings (SSSR count). The van der Waals surface area contributed by atoms with E-state index in [9.17, 15) is 14.9 Å². The van der Waals surface area contributed by atoms with Gasteiger partial charge in [0.1, 0.15) is 5.69 Å². The molecule has 1 aromatic carbocycles. The average Bonchev–Trinajstić information content (AvgIpc) is 2.44. The summed E-state index contributed by atoms with van der Waals surface area (Å²) in [5.41, 5.74) is 0.804. The first-order chi connectivity index (χ1) is 9.79. The molecule has 6 heteroatoms. The van der Waals surface area contributed by atoms with E-state index in [-0.39, 0.29) is 17.6 Å². The van der Waals surface area contributed by atoms with Crippen LogP contribution in [0.5, 0.6) is 0 Å². The normalized spacial score (nSPS) is 12.1. The zero-order chi connectivity index (χ0) is 16.2. The molecular weight excluding hydrogens is 270 g/mol. The number of carbonyl (C=O) groups is 1. The van der Waals surface area contributed by atoms with Crippen molar-refractivity contribution >= 4 is 17.3 Å². The van der Waals surface area contributed by atoms with Gasteiger partial charge in [0.25, 0.3) is 11.6 Å². The lowest BCUT2D eigenvalue weighted by molar-refractivity contribution is -0.384. The summed E-state index contributed by atoms with van der Waals surface area (Å²) in [6.45, 7) is 8.49. The molecule has 0 aromatic heterocycles. The minimum absolute atomic E-state index is 0.0204. The van der Waals surface area contributed by atoms with E-state index >= 15 is 0 Å². The third kappa shape index (κ3) is 3.93. The number of nitrogens with zero attached hydrogens (tertiary/aromatic N) is 2. The predicted molar refractivity (Wildman–Crippen MR) is 83.7 cm³/mol. The van der Waals surface area contributed by atoms with Gasteiger partial charge in [0.2, 0.25) is 0 Å². The molecule has 0 heterocycles. The fourth-order valence-corrected chi connectivity index (χ4v) is 2.00. The maximum atomic E-state index is 12.5. The molecule has 1 atom stereocenters. The summed E-state index contributed by atoms with van der Waals surface area (Å²) in [5, 5.41) is 13.9. The first-order valence-corrected chi connectivity index (χ1v) is 7.09. The van der Waals surface area contributed by atoms with E-state index in [0.717, 1.165) is 0 Å². The molecule has 0 aliphatic rings. The van der Waals surface area contributed by atoms with Gasteiger partial charge in [0.15, 0.2) is 0 Å². The summed E-state index contributed by atoms with van der Waals surface area (Å²) in [6.07, 6.45) is 0. The van der Waals surface area contributed by atoms with Gasteiger partial charge in [-0.15, -0.1) is 0 Å². The number of rotatable bonds is 6. The number of amides is 1. The molecule has 1 N–H and O–H groups in total. The molecule has 0 radical (unpaired) electrons. The van der Waals surface area contributed by atoms with Crippen molar-refractivity contribution in [3.05, 3.63) is 33.9 Å². The number of carbonyl (C=O) groups excluding carboxylic acids is 1. The van der Waals surface area contributed by atoms with Crippen molar-refractivity contribution in [2.24, 2.45) is 5.92 Å². The molecule has 0 saturated carbocycles. The fourth-order valence-electron chi connectivity index (χ4n) is 2.00. The average molecular weight is 293 g/mol. The van der Waals surface area contributed by atoms with E-state index in [1.807, 2.05) is 27.7 Å². The highest BCUT2D eigenvalue weighted by Gasteiger charge is 2.22. The van der Waals surface area contributed by atoms with E-state index in [4.69, 9.17) is 0 Å². The molecule has 0 aliphatic heterocycles. The Morgan fingerprint density at radius 3 is 2.48 bits per heavy atom. The SMILES string of the molecule is CCNc1cc(C(=O)N(C)C(C)C(C)C)ccc1[N+](=O)[O-]. The van der Waals surface area contributed by atoms with Crippen molar-refractivity contribution in [2.75, 3.05) is 18.9 Å². The molecule has 0 bridgehead atoms. The first-order valence-electron chi connectivity index (χ1n) is 7.09. The van der Waals surface area contributed by atoms with Crippen molar-refractivity contribution in [3.63, 3.8) is 0 Å². The van der Waals surface area contributed by atoms with Gasteiger partial charge in [0.05, 0.1) is 4.92 Å². The summed E-state index contributed by atoms with van der Waals surface area (Å²) >= 11 is 0. The van der Waals surface area contributed by atoms with Crippen LogP contribution in [0.1, 0.15) is 38.1 Å². The van der Waals surface area contributed by atoms with E-state index in [1.165, 1.54) is 12.1 Å². The monoisotopic (exact) mass is 293 g/mol. The second-order valence-corrected chi connectivity index (χ2v) is 5.42. The van der Waals surface area contributed by atoms with Crippen LogP contribution in [0.4, 0.5) is 11.4 Å². The zero-order valence-corrected chi connectivity index (χ0v) is 13.2. The molecule has 1 amide bonds. The smallest absolute Gasteiger partial charge is 0.292 e. The molecule has 0 aliphatic carbocycles. The van der Waals surface area contributed by atoms with Crippen LogP contribution in [0.15, 0.2) is 18.2 Å². The molecule has 116 valence electrons. The van der Waals surface area contributed by atoms with E-state index in [2.05, 4.69) is 5.32 Å². The Bertz CT molecular complexity index is 529. The number of hydrogen-bond acceptors (Lipinski definition) is 4. The number of hydrogen-bond donors (Lipinski definition) is 1.